The molecule has 2 aromatic rings. The summed E-state index contributed by atoms with van der Waals surface area (Å²) in [7, 11) is 1.56. The van der Waals surface area contributed by atoms with Gasteiger partial charge in [0.15, 0.2) is 11.5 Å². The Morgan fingerprint density at radius 3 is 2.46 bits per heavy atom. The smallest absolute Gasteiger partial charge is 0.326 e. The average Bonchev–Trinajstić information content (AvgIpc) is 2.92. The minimum atomic E-state index is -0.527. The molecule has 0 unspecified atom stereocenters. The van der Waals surface area contributed by atoms with Crippen molar-refractivity contribution in [2.45, 2.75) is 13.5 Å². The number of carbonyl (C=O) groups excluding carboxylic acids is 2. The van der Waals surface area contributed by atoms with Gasteiger partial charge in [0.2, 0.25) is 0 Å². The highest BCUT2D eigenvalue weighted by atomic mass is 127. The lowest BCUT2D eigenvalue weighted by Gasteiger charge is -2.14. The molecule has 0 bridgehead atoms. The van der Waals surface area contributed by atoms with Crippen LogP contribution < -0.4 is 20.1 Å². The molecular formula is C19H17IN2O4. The van der Waals surface area contributed by atoms with Crippen LogP contribution in [0.2, 0.25) is 0 Å². The van der Waals surface area contributed by atoms with E-state index in [0.29, 0.717) is 18.1 Å². The van der Waals surface area contributed by atoms with Crippen LogP contribution in [0.15, 0.2) is 42.1 Å². The van der Waals surface area contributed by atoms with Crippen LogP contribution in [0.5, 0.6) is 11.5 Å². The number of rotatable bonds is 5. The molecule has 0 aromatic heterocycles. The molecule has 26 heavy (non-hydrogen) atoms. The van der Waals surface area contributed by atoms with Gasteiger partial charge in [-0.25, -0.2) is 4.79 Å². The normalized spacial score (nSPS) is 15.0. The van der Waals surface area contributed by atoms with E-state index in [4.69, 9.17) is 9.47 Å². The maximum absolute atomic E-state index is 11.7. The molecule has 0 spiro atoms. The number of hydrogen-bond donors (Lipinski definition) is 2. The van der Waals surface area contributed by atoms with Gasteiger partial charge in [-0.2, -0.15) is 0 Å². The number of hydrogen-bond acceptors (Lipinski definition) is 4. The minimum Gasteiger partial charge on any atom is -0.493 e. The van der Waals surface area contributed by atoms with E-state index in [9.17, 15) is 9.59 Å². The van der Waals surface area contributed by atoms with Gasteiger partial charge in [0, 0.05) is 0 Å². The van der Waals surface area contributed by atoms with Crippen molar-refractivity contribution in [1.29, 1.82) is 0 Å². The van der Waals surface area contributed by atoms with E-state index in [0.717, 1.165) is 14.7 Å². The maximum Gasteiger partial charge on any atom is 0.326 e. The second kappa shape index (κ2) is 7.77. The third-order valence-electron chi connectivity index (χ3n) is 3.79. The quantitative estimate of drug-likeness (QED) is 0.404. The van der Waals surface area contributed by atoms with Gasteiger partial charge in [0.1, 0.15) is 12.3 Å². The molecule has 134 valence electrons. The monoisotopic (exact) mass is 464 g/mol. The molecule has 6 nitrogen and oxygen atoms in total. The fourth-order valence-corrected chi connectivity index (χ4v) is 3.23. The zero-order valence-electron chi connectivity index (χ0n) is 14.3. The first-order chi connectivity index (χ1) is 12.5. The number of nitrogens with one attached hydrogen (secondary N) is 2. The molecule has 0 radical (unpaired) electrons. The van der Waals surface area contributed by atoms with Crippen molar-refractivity contribution in [2.75, 3.05) is 7.11 Å². The Balaban J connectivity index is 1.83. The molecular weight excluding hydrogens is 447 g/mol. The van der Waals surface area contributed by atoms with Crippen molar-refractivity contribution in [3.05, 3.63) is 62.4 Å². The topological polar surface area (TPSA) is 76.7 Å². The van der Waals surface area contributed by atoms with Crippen molar-refractivity contribution in [3.63, 3.8) is 0 Å². The van der Waals surface area contributed by atoms with E-state index < -0.39 is 11.9 Å². The Morgan fingerprint density at radius 1 is 1.12 bits per heavy atom. The van der Waals surface area contributed by atoms with Crippen LogP contribution in [0, 0.1) is 10.5 Å². The summed E-state index contributed by atoms with van der Waals surface area (Å²) in [6.45, 7) is 2.46. The van der Waals surface area contributed by atoms with Gasteiger partial charge in [0.05, 0.1) is 10.7 Å². The number of urea groups is 1. The van der Waals surface area contributed by atoms with E-state index >= 15 is 0 Å². The van der Waals surface area contributed by atoms with E-state index in [2.05, 4.69) is 33.2 Å². The molecule has 1 aliphatic heterocycles. The summed E-state index contributed by atoms with van der Waals surface area (Å²) in [4.78, 5) is 22.9. The van der Waals surface area contributed by atoms with Gasteiger partial charge in [-0.1, -0.05) is 29.8 Å². The van der Waals surface area contributed by atoms with Crippen LogP contribution in [0.3, 0.4) is 0 Å². The Morgan fingerprint density at radius 2 is 1.85 bits per heavy atom. The van der Waals surface area contributed by atoms with Crippen molar-refractivity contribution in [2.24, 2.45) is 0 Å². The first kappa shape index (κ1) is 18.2. The summed E-state index contributed by atoms with van der Waals surface area (Å²) in [5, 5.41) is 4.63. The Labute approximate surface area is 164 Å². The fourth-order valence-electron chi connectivity index (χ4n) is 2.45. The molecule has 2 aromatic carbocycles. The molecule has 7 heteroatoms. The molecule has 1 saturated heterocycles. The lowest BCUT2D eigenvalue weighted by Crippen LogP contribution is -2.22. The summed E-state index contributed by atoms with van der Waals surface area (Å²) in [6.07, 6.45) is 1.59. The van der Waals surface area contributed by atoms with E-state index in [-0.39, 0.29) is 5.70 Å². The Kier molecular flexibility index (Phi) is 5.46. The minimum absolute atomic E-state index is 0.196. The number of imide groups is 1. The molecule has 3 rings (SSSR count). The molecule has 1 heterocycles. The average molecular weight is 464 g/mol. The molecule has 0 aliphatic carbocycles. The highest BCUT2D eigenvalue weighted by Gasteiger charge is 2.23. The molecule has 3 amide bonds. The third kappa shape index (κ3) is 4.16. The van der Waals surface area contributed by atoms with E-state index in [1.54, 1.807) is 19.3 Å². The predicted octanol–water partition coefficient (Wildman–Crippen LogP) is 3.37. The predicted molar refractivity (Wildman–Crippen MR) is 106 cm³/mol. The summed E-state index contributed by atoms with van der Waals surface area (Å²) < 4.78 is 12.2. The Hall–Kier alpha value is -2.55. The highest BCUT2D eigenvalue weighted by Crippen LogP contribution is 2.35. The first-order valence-electron chi connectivity index (χ1n) is 7.86. The zero-order valence-corrected chi connectivity index (χ0v) is 16.4. The lowest BCUT2D eigenvalue weighted by molar-refractivity contribution is -0.115. The van der Waals surface area contributed by atoms with E-state index in [1.165, 1.54) is 5.56 Å². The van der Waals surface area contributed by atoms with Gasteiger partial charge in [-0.15, -0.1) is 0 Å². The molecule has 1 aliphatic rings. The molecule has 1 fully saturated rings. The third-order valence-corrected chi connectivity index (χ3v) is 4.59. The van der Waals surface area contributed by atoms with E-state index in [1.807, 2.05) is 37.3 Å². The van der Waals surface area contributed by atoms with Crippen LogP contribution in [0.4, 0.5) is 4.79 Å². The largest absolute Gasteiger partial charge is 0.493 e. The number of methoxy groups -OCH3 is 1. The number of benzene rings is 2. The van der Waals surface area contributed by atoms with Crippen molar-refractivity contribution >= 4 is 40.6 Å². The van der Waals surface area contributed by atoms with Gasteiger partial charge >= 0.3 is 6.03 Å². The number of halogens is 1. The standard InChI is InChI=1S/C19H17IN2O4/c1-11-3-5-12(6-4-11)10-26-17-14(20)7-13(9-16(17)25-2)8-15-18(23)22-19(24)21-15/h3-9H,10H2,1-2H3,(H2,21,22,23,24)/b15-8+. The summed E-state index contributed by atoms with van der Waals surface area (Å²) in [5.41, 5.74) is 3.17. The van der Waals surface area contributed by atoms with Gasteiger partial charge in [-0.3, -0.25) is 10.1 Å². The van der Waals surface area contributed by atoms with Crippen LogP contribution in [0.1, 0.15) is 16.7 Å². The van der Waals surface area contributed by atoms with Crippen molar-refractivity contribution in [3.8, 4) is 11.5 Å². The number of aryl methyl sites for hydroxylation is 1. The van der Waals surface area contributed by atoms with Gasteiger partial charge in [-0.05, 0) is 58.9 Å². The second-order valence-electron chi connectivity index (χ2n) is 5.77. The van der Waals surface area contributed by atoms with Crippen LogP contribution in [-0.2, 0) is 11.4 Å². The van der Waals surface area contributed by atoms with Crippen LogP contribution in [-0.4, -0.2) is 19.0 Å². The SMILES string of the molecule is COc1cc(/C=C2/NC(=O)NC2=O)cc(I)c1OCc1ccc(C)cc1. The molecule has 0 atom stereocenters. The second-order valence-corrected chi connectivity index (χ2v) is 6.94. The summed E-state index contributed by atoms with van der Waals surface area (Å²) in [6, 6.07) is 11.2. The number of ether oxygens (including phenoxy) is 2. The number of amides is 3. The fraction of sp³-hybridized carbons (Fsp3) is 0.158. The van der Waals surface area contributed by atoms with Gasteiger partial charge in [0.25, 0.3) is 5.91 Å². The Bertz CT molecular complexity index is 891. The van der Waals surface area contributed by atoms with Crippen molar-refractivity contribution < 1.29 is 19.1 Å². The molecule has 0 saturated carbocycles. The van der Waals surface area contributed by atoms with Crippen LogP contribution in [0.25, 0.3) is 6.08 Å². The highest BCUT2D eigenvalue weighted by molar-refractivity contribution is 14.1. The van der Waals surface area contributed by atoms with Crippen LogP contribution >= 0.6 is 22.6 Å². The lowest BCUT2D eigenvalue weighted by atomic mass is 10.1. The first-order valence-corrected chi connectivity index (χ1v) is 8.94. The maximum atomic E-state index is 11.7. The van der Waals surface area contributed by atoms with Gasteiger partial charge < -0.3 is 14.8 Å². The van der Waals surface area contributed by atoms with Crippen molar-refractivity contribution in [1.82, 2.24) is 10.6 Å². The number of carbonyl (C=O) groups is 2. The summed E-state index contributed by atoms with van der Waals surface area (Å²) >= 11 is 2.16. The summed E-state index contributed by atoms with van der Waals surface area (Å²) in [5.74, 6) is 0.736. The molecule has 2 N–H and O–H groups in total. The zero-order chi connectivity index (χ0) is 18.7.